The van der Waals surface area contributed by atoms with Crippen LogP contribution in [-0.2, 0) is 18.4 Å². The molecule has 40 heavy (non-hydrogen) atoms. The van der Waals surface area contributed by atoms with Crippen LogP contribution in [0.5, 0.6) is 0 Å². The highest BCUT2D eigenvalue weighted by Crippen LogP contribution is 2.58. The minimum atomic E-state index is -3.29. The third kappa shape index (κ3) is 4.62. The fourth-order valence-electron chi connectivity index (χ4n) is 6.17. The molecule has 10 nitrogen and oxygen atoms in total. The molecule has 0 amide bonds. The van der Waals surface area contributed by atoms with E-state index < -0.39 is 22.7 Å². The number of anilines is 1. The number of hydrogen-bond donors (Lipinski definition) is 3. The van der Waals surface area contributed by atoms with Crippen molar-refractivity contribution >= 4 is 33.6 Å². The summed E-state index contributed by atoms with van der Waals surface area (Å²) >= 11 is 0. The lowest BCUT2D eigenvalue weighted by molar-refractivity contribution is -0.137. The number of carboxylic acid groups (broad SMARTS) is 1. The van der Waals surface area contributed by atoms with Crippen molar-refractivity contribution < 1.29 is 19.0 Å². The summed E-state index contributed by atoms with van der Waals surface area (Å²) in [5.74, 6) is -0.656. The average Bonchev–Trinajstić information content (AvgIpc) is 3.49. The summed E-state index contributed by atoms with van der Waals surface area (Å²) < 4.78 is 26.9. The van der Waals surface area contributed by atoms with E-state index in [-0.39, 0.29) is 12.5 Å². The smallest absolute Gasteiger partial charge is 0.304 e. The number of hydrogen-bond acceptors (Lipinski definition) is 8. The van der Waals surface area contributed by atoms with Crippen molar-refractivity contribution in [1.82, 2.24) is 24.1 Å². The van der Waals surface area contributed by atoms with E-state index >= 15 is 0 Å². The molecule has 6 rings (SSSR count). The largest absolute Gasteiger partial charge is 0.481 e. The van der Waals surface area contributed by atoms with Crippen LogP contribution in [0, 0.1) is 13.8 Å². The Bertz CT molecular complexity index is 1600. The number of benzene rings is 1. The van der Waals surface area contributed by atoms with E-state index in [1.807, 2.05) is 55.8 Å². The fraction of sp³-hybridized carbons (Fsp3) is 0.379. The van der Waals surface area contributed by atoms with E-state index in [9.17, 15) is 19.0 Å². The first-order valence-corrected chi connectivity index (χ1v) is 15.0. The quantitative estimate of drug-likeness (QED) is 0.294. The molecule has 2 aliphatic rings. The van der Waals surface area contributed by atoms with Gasteiger partial charge in [-0.05, 0) is 67.6 Å². The van der Waals surface area contributed by atoms with Crippen LogP contribution in [0.3, 0.4) is 0 Å². The third-order valence-electron chi connectivity index (χ3n) is 8.26. The number of rotatable bonds is 6. The summed E-state index contributed by atoms with van der Waals surface area (Å²) in [7, 11) is -1.41. The van der Waals surface area contributed by atoms with Crippen LogP contribution in [-0.4, -0.2) is 63.4 Å². The van der Waals surface area contributed by atoms with E-state index in [0.29, 0.717) is 29.5 Å². The van der Waals surface area contributed by atoms with Gasteiger partial charge in [-0.15, -0.1) is 15.9 Å². The van der Waals surface area contributed by atoms with E-state index in [1.165, 1.54) is 0 Å². The van der Waals surface area contributed by atoms with Crippen LogP contribution < -0.4 is 4.90 Å². The lowest BCUT2D eigenvalue weighted by Crippen LogP contribution is -2.38. The maximum atomic E-state index is 12.0. The van der Waals surface area contributed by atoms with Gasteiger partial charge in [0.15, 0.2) is 11.5 Å². The molecule has 11 heteroatoms. The SMILES string of the molecule is Cc1cc2cc(C(CC(=O)O)c3ccc(C)c(CN4C[C@H]5CCCN5c5ncccc5S4(O)O)c3)n(C)c2nn1. The maximum absolute atomic E-state index is 12.0. The first kappa shape index (κ1) is 26.7. The molecule has 0 saturated carbocycles. The van der Waals surface area contributed by atoms with Crippen LogP contribution in [0.1, 0.15) is 53.3 Å². The van der Waals surface area contributed by atoms with Crippen LogP contribution in [0.25, 0.3) is 11.0 Å². The molecule has 5 heterocycles. The summed E-state index contributed by atoms with van der Waals surface area (Å²) in [4.78, 5) is 19.2. The van der Waals surface area contributed by atoms with Gasteiger partial charge in [-0.2, -0.15) is 9.40 Å². The zero-order valence-electron chi connectivity index (χ0n) is 22.9. The predicted octanol–water partition coefficient (Wildman–Crippen LogP) is 5.10. The van der Waals surface area contributed by atoms with E-state index in [0.717, 1.165) is 52.9 Å². The van der Waals surface area contributed by atoms with Crippen LogP contribution in [0.4, 0.5) is 5.82 Å². The number of aliphatic carboxylic acids is 1. The first-order chi connectivity index (χ1) is 19.1. The van der Waals surface area contributed by atoms with Gasteiger partial charge in [0.25, 0.3) is 0 Å². The Morgan fingerprint density at radius 1 is 1.15 bits per heavy atom. The highest BCUT2D eigenvalue weighted by Gasteiger charge is 2.40. The second kappa shape index (κ2) is 10.2. The molecular formula is C29H34N6O4S. The molecule has 1 fully saturated rings. The molecule has 0 spiro atoms. The first-order valence-electron chi connectivity index (χ1n) is 13.5. The van der Waals surface area contributed by atoms with E-state index in [2.05, 4.69) is 20.1 Å². The Morgan fingerprint density at radius 3 is 2.77 bits per heavy atom. The summed E-state index contributed by atoms with van der Waals surface area (Å²) in [6, 6.07) is 13.6. The van der Waals surface area contributed by atoms with Gasteiger partial charge in [0.2, 0.25) is 0 Å². The summed E-state index contributed by atoms with van der Waals surface area (Å²) in [5, 5.41) is 19.3. The Morgan fingerprint density at radius 2 is 1.98 bits per heavy atom. The number of aryl methyl sites for hydroxylation is 3. The third-order valence-corrected chi connectivity index (χ3v) is 10.2. The van der Waals surface area contributed by atoms with Gasteiger partial charge in [0.1, 0.15) is 4.90 Å². The molecular weight excluding hydrogens is 528 g/mol. The van der Waals surface area contributed by atoms with Gasteiger partial charge in [-0.25, -0.2) is 4.98 Å². The standard InChI is InChI=1S/C29H34N6O4S/c1-18-8-9-20(24(15-27(36)37)25-14-21-12-19(2)31-32-28(21)33(25)3)13-22(18)16-34-17-23-6-5-11-35(23)29-26(40(34,38)39)7-4-10-30-29/h4,7-10,12-14,23-24,38-39H,5-6,11,15-17H2,1-3H3,(H,36,37)/t23-,24?/m1/s1. The van der Waals surface area contributed by atoms with Crippen molar-refractivity contribution in [2.45, 2.75) is 56.5 Å². The molecule has 1 aromatic carbocycles. The molecule has 0 aliphatic carbocycles. The van der Waals surface area contributed by atoms with Crippen molar-refractivity contribution in [2.75, 3.05) is 18.0 Å². The Kier molecular flexibility index (Phi) is 6.78. The topological polar surface area (TPSA) is 128 Å². The zero-order valence-corrected chi connectivity index (χ0v) is 23.7. The van der Waals surface area contributed by atoms with Crippen molar-refractivity contribution in [3.05, 3.63) is 76.7 Å². The fourth-order valence-corrected chi connectivity index (χ4v) is 7.82. The normalized spacial score (nSPS) is 20.1. The number of fused-ring (bicyclic) bond motifs is 4. The molecule has 1 saturated heterocycles. The van der Waals surface area contributed by atoms with Gasteiger partial charge in [-0.3, -0.25) is 13.9 Å². The van der Waals surface area contributed by atoms with Crippen LogP contribution in [0.15, 0.2) is 53.6 Å². The van der Waals surface area contributed by atoms with Crippen molar-refractivity contribution in [1.29, 1.82) is 0 Å². The average molecular weight is 563 g/mol. The number of pyridine rings is 1. The van der Waals surface area contributed by atoms with Crippen LogP contribution in [0.2, 0.25) is 0 Å². The van der Waals surface area contributed by atoms with Crippen molar-refractivity contribution in [2.24, 2.45) is 7.05 Å². The highest BCUT2D eigenvalue weighted by atomic mass is 32.3. The highest BCUT2D eigenvalue weighted by molar-refractivity contribution is 8.22. The number of nitrogens with zero attached hydrogens (tertiary/aromatic N) is 6. The van der Waals surface area contributed by atoms with Crippen LogP contribution >= 0.6 is 10.8 Å². The van der Waals surface area contributed by atoms with Gasteiger partial charge in [0.05, 0.1) is 12.1 Å². The minimum absolute atomic E-state index is 0.0892. The Hall–Kier alpha value is -3.51. The molecule has 3 N–H and O–H groups in total. The Labute approximate surface area is 234 Å². The lowest BCUT2D eigenvalue weighted by Gasteiger charge is -2.42. The maximum Gasteiger partial charge on any atom is 0.304 e. The van der Waals surface area contributed by atoms with E-state index in [4.69, 9.17) is 0 Å². The number of aromatic nitrogens is 4. The molecule has 2 atom stereocenters. The van der Waals surface area contributed by atoms with Crippen molar-refractivity contribution in [3.8, 4) is 0 Å². The van der Waals surface area contributed by atoms with Gasteiger partial charge in [0, 0.05) is 55.9 Å². The molecule has 1 unspecified atom stereocenters. The monoisotopic (exact) mass is 562 g/mol. The molecule has 4 aromatic rings. The molecule has 0 radical (unpaired) electrons. The lowest BCUT2D eigenvalue weighted by atomic mass is 9.89. The summed E-state index contributed by atoms with van der Waals surface area (Å²) in [6.45, 7) is 5.55. The van der Waals surface area contributed by atoms with E-state index in [1.54, 1.807) is 22.6 Å². The van der Waals surface area contributed by atoms with Gasteiger partial charge < -0.3 is 14.6 Å². The van der Waals surface area contributed by atoms with Crippen molar-refractivity contribution in [3.63, 3.8) is 0 Å². The summed E-state index contributed by atoms with van der Waals surface area (Å²) in [5.41, 5.74) is 5.13. The molecule has 0 bridgehead atoms. The summed E-state index contributed by atoms with van der Waals surface area (Å²) in [6.07, 6.45) is 3.61. The van der Waals surface area contributed by atoms with Gasteiger partial charge >= 0.3 is 5.97 Å². The zero-order chi connectivity index (χ0) is 28.2. The Balaban J connectivity index is 1.39. The second-order valence-electron chi connectivity index (χ2n) is 10.9. The number of carboxylic acids is 1. The van der Waals surface area contributed by atoms with Gasteiger partial charge in [-0.1, -0.05) is 18.2 Å². The second-order valence-corrected chi connectivity index (χ2v) is 12.9. The minimum Gasteiger partial charge on any atom is -0.481 e. The molecule has 2 aliphatic heterocycles. The molecule has 3 aromatic heterocycles. The predicted molar refractivity (Wildman–Crippen MR) is 155 cm³/mol. The molecule has 210 valence electrons. The number of carbonyl (C=O) groups is 1.